The van der Waals surface area contributed by atoms with E-state index < -0.39 is 0 Å². The van der Waals surface area contributed by atoms with Gasteiger partial charge in [0.15, 0.2) is 0 Å². The fourth-order valence-electron chi connectivity index (χ4n) is 1.30. The van der Waals surface area contributed by atoms with Crippen molar-refractivity contribution in [1.29, 1.82) is 0 Å². The zero-order chi connectivity index (χ0) is 12.3. The second kappa shape index (κ2) is 10.6. The molecule has 18 heavy (non-hydrogen) atoms. The van der Waals surface area contributed by atoms with Gasteiger partial charge < -0.3 is 5.32 Å². The Balaban J connectivity index is 0.000000405. The van der Waals surface area contributed by atoms with Gasteiger partial charge in [0.2, 0.25) is 5.91 Å². The average Bonchev–Trinajstić information content (AvgIpc) is 3.04. The van der Waals surface area contributed by atoms with E-state index in [9.17, 15) is 4.79 Å². The van der Waals surface area contributed by atoms with Crippen LogP contribution in [0.4, 0.5) is 0 Å². The Hall–Kier alpha value is -1.57. The van der Waals surface area contributed by atoms with Gasteiger partial charge in [0, 0.05) is 6.54 Å². The molecule has 0 heterocycles. The Morgan fingerprint density at radius 2 is 1.83 bits per heavy atom. The number of rotatable bonds is 4. The van der Waals surface area contributed by atoms with Crippen LogP contribution in [0.2, 0.25) is 0 Å². The van der Waals surface area contributed by atoms with E-state index >= 15 is 0 Å². The van der Waals surface area contributed by atoms with Crippen LogP contribution in [0.25, 0.3) is 0 Å². The van der Waals surface area contributed by atoms with Crippen LogP contribution in [0.1, 0.15) is 5.56 Å². The van der Waals surface area contributed by atoms with Crippen LogP contribution >= 0.6 is 0 Å². The Labute approximate surface area is 119 Å². The predicted molar refractivity (Wildman–Crippen MR) is 71.0 cm³/mol. The largest absolute Gasteiger partial charge is 2.00 e. The molecule has 0 atom stereocenters. The van der Waals surface area contributed by atoms with Gasteiger partial charge in [-0.25, -0.2) is 24.3 Å². The standard InChI is InChI=1S/C10H12NO.C5H5.Fe/c1-2-10(12)11-8-7-9-5-3-4-6-9;1-2-4-5-3-1;/h2-6H,1,7-8H2,(H,11,12);1-5H;/q2*-1;+2. The van der Waals surface area contributed by atoms with E-state index in [4.69, 9.17) is 0 Å². The molecule has 2 aromatic carbocycles. The van der Waals surface area contributed by atoms with Crippen molar-refractivity contribution in [2.45, 2.75) is 6.42 Å². The molecule has 3 heteroatoms. The molecular formula is C15H17FeNO. The maximum Gasteiger partial charge on any atom is 2.00 e. The summed E-state index contributed by atoms with van der Waals surface area (Å²) in [5, 5.41) is 2.71. The summed E-state index contributed by atoms with van der Waals surface area (Å²) in [5.74, 6) is -0.110. The number of carbonyl (C=O) groups excluding carboxylic acids is 1. The van der Waals surface area contributed by atoms with Crippen molar-refractivity contribution in [2.75, 3.05) is 6.54 Å². The van der Waals surface area contributed by atoms with Crippen molar-refractivity contribution in [3.05, 3.63) is 72.8 Å². The normalized spacial score (nSPS) is 8.44. The molecule has 0 aliphatic heterocycles. The van der Waals surface area contributed by atoms with Gasteiger partial charge in [-0.2, -0.15) is 35.9 Å². The Morgan fingerprint density at radius 3 is 2.28 bits per heavy atom. The van der Waals surface area contributed by atoms with Crippen LogP contribution in [0.3, 0.4) is 0 Å². The minimum absolute atomic E-state index is 0. The molecule has 0 aromatic heterocycles. The van der Waals surface area contributed by atoms with E-state index in [0.29, 0.717) is 6.54 Å². The van der Waals surface area contributed by atoms with Crippen LogP contribution < -0.4 is 5.32 Å². The Kier molecular flexibility index (Phi) is 9.65. The van der Waals surface area contributed by atoms with Crippen LogP contribution in [-0.4, -0.2) is 12.5 Å². The van der Waals surface area contributed by atoms with Crippen LogP contribution in [0.5, 0.6) is 0 Å². The quantitative estimate of drug-likeness (QED) is 0.521. The third-order valence-corrected chi connectivity index (χ3v) is 2.19. The summed E-state index contributed by atoms with van der Waals surface area (Å²) in [6.45, 7) is 4.04. The molecule has 0 bridgehead atoms. The third-order valence-electron chi connectivity index (χ3n) is 2.19. The van der Waals surface area contributed by atoms with Gasteiger partial charge in [-0.1, -0.05) is 13.0 Å². The summed E-state index contributed by atoms with van der Waals surface area (Å²) in [7, 11) is 0. The third kappa shape index (κ3) is 7.66. The summed E-state index contributed by atoms with van der Waals surface area (Å²) in [6.07, 6.45) is 2.16. The minimum Gasteiger partial charge on any atom is -0.353 e. The fourth-order valence-corrected chi connectivity index (χ4v) is 1.30. The molecule has 0 aliphatic carbocycles. The van der Waals surface area contributed by atoms with Gasteiger partial charge in [0.1, 0.15) is 0 Å². The molecule has 0 aliphatic rings. The SMILES string of the molecule is C=CC(=O)NCC[c-]1cccc1.[Fe+2].c1cc[cH-]c1. The molecule has 2 nitrogen and oxygen atoms in total. The van der Waals surface area contributed by atoms with Crippen molar-refractivity contribution in [1.82, 2.24) is 5.32 Å². The maximum absolute atomic E-state index is 10.7. The summed E-state index contributed by atoms with van der Waals surface area (Å²) in [5.41, 5.74) is 1.25. The average molecular weight is 283 g/mol. The van der Waals surface area contributed by atoms with Crippen molar-refractivity contribution < 1.29 is 21.9 Å². The smallest absolute Gasteiger partial charge is 0.353 e. The van der Waals surface area contributed by atoms with E-state index in [-0.39, 0.29) is 23.0 Å². The zero-order valence-corrected chi connectivity index (χ0v) is 11.3. The van der Waals surface area contributed by atoms with Gasteiger partial charge >= 0.3 is 17.1 Å². The second-order valence-corrected chi connectivity index (χ2v) is 3.50. The molecule has 0 spiro atoms. The summed E-state index contributed by atoms with van der Waals surface area (Å²) >= 11 is 0. The van der Waals surface area contributed by atoms with Gasteiger partial charge in [-0.15, -0.1) is 0 Å². The summed E-state index contributed by atoms with van der Waals surface area (Å²) in [4.78, 5) is 10.7. The molecule has 0 radical (unpaired) electrons. The summed E-state index contributed by atoms with van der Waals surface area (Å²) in [6, 6.07) is 18.1. The number of hydrogen-bond acceptors (Lipinski definition) is 1. The Bertz CT molecular complexity index is 386. The van der Waals surface area contributed by atoms with E-state index in [1.54, 1.807) is 0 Å². The molecule has 2 aromatic rings. The first-order valence-corrected chi connectivity index (χ1v) is 5.60. The van der Waals surface area contributed by atoms with Gasteiger partial charge in [0.25, 0.3) is 0 Å². The first-order valence-electron chi connectivity index (χ1n) is 5.60. The van der Waals surface area contributed by atoms with E-state index in [1.807, 2.05) is 54.6 Å². The molecule has 0 saturated heterocycles. The topological polar surface area (TPSA) is 29.1 Å². The summed E-state index contributed by atoms with van der Waals surface area (Å²) < 4.78 is 0. The molecule has 2 rings (SSSR count). The number of carbonyl (C=O) groups is 1. The van der Waals surface area contributed by atoms with Gasteiger partial charge in [-0.3, -0.25) is 4.79 Å². The van der Waals surface area contributed by atoms with Gasteiger partial charge in [-0.05, 0) is 6.08 Å². The number of nitrogens with one attached hydrogen (secondary N) is 1. The monoisotopic (exact) mass is 283 g/mol. The van der Waals surface area contributed by atoms with Gasteiger partial charge in [0.05, 0.1) is 0 Å². The fraction of sp³-hybridized carbons (Fsp3) is 0.133. The molecule has 1 amide bonds. The van der Waals surface area contributed by atoms with Crippen molar-refractivity contribution in [3.63, 3.8) is 0 Å². The van der Waals surface area contributed by atoms with Crippen LogP contribution in [0.15, 0.2) is 67.3 Å². The van der Waals surface area contributed by atoms with Crippen molar-refractivity contribution in [3.8, 4) is 0 Å². The number of amides is 1. The zero-order valence-electron chi connectivity index (χ0n) is 10.2. The van der Waals surface area contributed by atoms with Crippen LogP contribution in [-0.2, 0) is 28.3 Å². The number of hydrogen-bond donors (Lipinski definition) is 1. The first-order chi connectivity index (χ1) is 8.33. The molecule has 0 fully saturated rings. The van der Waals surface area contributed by atoms with E-state index in [0.717, 1.165) is 6.42 Å². The molecule has 1 N–H and O–H groups in total. The molecule has 0 unspecified atom stereocenters. The second-order valence-electron chi connectivity index (χ2n) is 3.50. The van der Waals surface area contributed by atoms with Crippen molar-refractivity contribution >= 4 is 5.91 Å². The molecular weight excluding hydrogens is 266 g/mol. The molecule has 96 valence electrons. The van der Waals surface area contributed by atoms with Crippen LogP contribution in [0, 0.1) is 0 Å². The van der Waals surface area contributed by atoms with Crippen molar-refractivity contribution in [2.24, 2.45) is 0 Å². The Morgan fingerprint density at radius 1 is 1.22 bits per heavy atom. The maximum atomic E-state index is 10.7. The first kappa shape index (κ1) is 16.4. The van der Waals surface area contributed by atoms with E-state index in [1.165, 1.54) is 11.6 Å². The predicted octanol–water partition coefficient (Wildman–Crippen LogP) is 2.65. The molecule has 0 saturated carbocycles. The van der Waals surface area contributed by atoms with E-state index in [2.05, 4.69) is 11.9 Å². The minimum atomic E-state index is -0.110.